The first-order valence-electron chi connectivity index (χ1n) is 11.8. The van der Waals surface area contributed by atoms with Gasteiger partial charge in [-0.15, -0.1) is 0 Å². The maximum absolute atomic E-state index is 11.4. The maximum atomic E-state index is 11.4. The zero-order chi connectivity index (χ0) is 25.5. The lowest BCUT2D eigenvalue weighted by atomic mass is 10.0. The lowest BCUT2D eigenvalue weighted by molar-refractivity contribution is 0.165. The molecule has 2 aromatic carbocycles. The Kier molecular flexibility index (Phi) is 7.92. The van der Waals surface area contributed by atoms with Gasteiger partial charge in [-0.05, 0) is 55.9 Å². The molecule has 4 N–H and O–H groups in total. The first-order chi connectivity index (χ1) is 17.5. The van der Waals surface area contributed by atoms with Gasteiger partial charge in [0.2, 0.25) is 0 Å². The van der Waals surface area contributed by atoms with Crippen molar-refractivity contribution in [1.82, 2.24) is 19.7 Å². The number of urea groups is 1. The lowest BCUT2D eigenvalue weighted by Crippen LogP contribution is -2.21. The number of nitrogens with zero attached hydrogens (tertiary/aromatic N) is 4. The number of rotatable bonds is 4. The Balaban J connectivity index is 0.000000211. The number of carbonyl (C=O) groups excluding carboxylic acids is 1. The Labute approximate surface area is 210 Å². The molecule has 9 nitrogen and oxygen atoms in total. The highest BCUT2D eigenvalue weighted by molar-refractivity contribution is 5.89. The van der Waals surface area contributed by atoms with E-state index in [0.717, 1.165) is 36.9 Å². The third-order valence-electron chi connectivity index (χ3n) is 6.01. The van der Waals surface area contributed by atoms with Crippen molar-refractivity contribution in [2.75, 3.05) is 12.4 Å². The van der Waals surface area contributed by atoms with E-state index in [0.29, 0.717) is 17.1 Å². The molecule has 2 aromatic heterocycles. The summed E-state index contributed by atoms with van der Waals surface area (Å²) in [6, 6.07) is 17.5. The molecule has 5 rings (SSSR count). The van der Waals surface area contributed by atoms with E-state index in [2.05, 4.69) is 44.6 Å². The number of benzene rings is 2. The fourth-order valence-corrected chi connectivity index (χ4v) is 4.22. The summed E-state index contributed by atoms with van der Waals surface area (Å²) in [6.45, 7) is 1.84. The van der Waals surface area contributed by atoms with Crippen LogP contribution in [-0.2, 0) is 12.8 Å². The first-order valence-corrected chi connectivity index (χ1v) is 11.8. The Hall–Kier alpha value is -4.24. The van der Waals surface area contributed by atoms with Crippen LogP contribution in [0.1, 0.15) is 29.5 Å². The molecular formula is C27H30N6O3. The van der Waals surface area contributed by atoms with Gasteiger partial charge in [0.05, 0.1) is 18.9 Å². The third-order valence-corrected chi connectivity index (χ3v) is 6.01. The summed E-state index contributed by atoms with van der Waals surface area (Å²) in [4.78, 5) is 19.5. The number of para-hydroxylation sites is 1. The minimum absolute atomic E-state index is 0.117. The highest BCUT2D eigenvalue weighted by Crippen LogP contribution is 2.30. The molecule has 0 saturated heterocycles. The van der Waals surface area contributed by atoms with E-state index in [1.54, 1.807) is 17.1 Å². The van der Waals surface area contributed by atoms with Crippen molar-refractivity contribution in [3.63, 3.8) is 0 Å². The van der Waals surface area contributed by atoms with Gasteiger partial charge in [-0.1, -0.05) is 42.5 Å². The van der Waals surface area contributed by atoms with Gasteiger partial charge in [0, 0.05) is 23.5 Å². The molecule has 186 valence electrons. The number of anilines is 1. The zero-order valence-electron chi connectivity index (χ0n) is 20.4. The van der Waals surface area contributed by atoms with Crippen LogP contribution in [-0.4, -0.2) is 44.1 Å². The second-order valence-corrected chi connectivity index (χ2v) is 8.54. The van der Waals surface area contributed by atoms with Crippen molar-refractivity contribution in [2.45, 2.75) is 38.7 Å². The number of aliphatic hydroxyl groups excluding tert-OH is 1. The van der Waals surface area contributed by atoms with Gasteiger partial charge in [-0.25, -0.2) is 19.4 Å². The van der Waals surface area contributed by atoms with E-state index < -0.39 is 6.03 Å². The average Bonchev–Trinajstić information content (AvgIpc) is 3.08. The molecule has 1 aliphatic carbocycles. The molecule has 0 aliphatic heterocycles. The molecule has 0 saturated carbocycles. The molecule has 1 unspecified atom stereocenters. The number of fused-ring (bicyclic) bond motifs is 1. The molecule has 2 amide bonds. The molecule has 1 atom stereocenters. The summed E-state index contributed by atoms with van der Waals surface area (Å²) in [7, 11) is 1.50. The third kappa shape index (κ3) is 5.87. The molecule has 2 heterocycles. The SMILES string of the molecule is COc1ncc(-c2nn(-c3ccccc3)c(NC(N)=O)c2C)cn1.OC1CCCc2ccccc2C1. The minimum Gasteiger partial charge on any atom is -0.467 e. The van der Waals surface area contributed by atoms with E-state index in [-0.39, 0.29) is 12.1 Å². The van der Waals surface area contributed by atoms with Crippen molar-refractivity contribution in [3.05, 3.63) is 83.7 Å². The van der Waals surface area contributed by atoms with Gasteiger partial charge in [-0.3, -0.25) is 5.32 Å². The molecular weight excluding hydrogens is 456 g/mol. The number of nitrogens with one attached hydrogen (secondary N) is 1. The number of carbonyl (C=O) groups is 1. The van der Waals surface area contributed by atoms with Gasteiger partial charge in [-0.2, -0.15) is 5.10 Å². The second-order valence-electron chi connectivity index (χ2n) is 8.54. The van der Waals surface area contributed by atoms with Crippen LogP contribution < -0.4 is 15.8 Å². The quantitative estimate of drug-likeness (QED) is 0.373. The van der Waals surface area contributed by atoms with Gasteiger partial charge in [0.25, 0.3) is 0 Å². The van der Waals surface area contributed by atoms with Crippen LogP contribution in [0.25, 0.3) is 16.9 Å². The number of primary amides is 1. The van der Waals surface area contributed by atoms with Crippen LogP contribution >= 0.6 is 0 Å². The largest absolute Gasteiger partial charge is 0.467 e. The van der Waals surface area contributed by atoms with Crippen LogP contribution in [0.2, 0.25) is 0 Å². The fraction of sp³-hybridized carbons (Fsp3) is 0.259. The predicted octanol–water partition coefficient (Wildman–Crippen LogP) is 4.06. The fourth-order valence-electron chi connectivity index (χ4n) is 4.22. The van der Waals surface area contributed by atoms with Gasteiger partial charge >= 0.3 is 12.0 Å². The zero-order valence-corrected chi connectivity index (χ0v) is 20.4. The smallest absolute Gasteiger partial charge is 0.317 e. The molecule has 36 heavy (non-hydrogen) atoms. The summed E-state index contributed by atoms with van der Waals surface area (Å²) in [5, 5.41) is 16.7. The van der Waals surface area contributed by atoms with Crippen molar-refractivity contribution in [1.29, 1.82) is 0 Å². The van der Waals surface area contributed by atoms with Crippen LogP contribution in [0, 0.1) is 6.92 Å². The van der Waals surface area contributed by atoms with Crippen molar-refractivity contribution in [2.24, 2.45) is 5.73 Å². The number of nitrogens with two attached hydrogens (primary N) is 1. The van der Waals surface area contributed by atoms with Gasteiger partial charge < -0.3 is 15.6 Å². The highest BCUT2D eigenvalue weighted by atomic mass is 16.5. The van der Waals surface area contributed by atoms with Gasteiger partial charge in [0.15, 0.2) is 0 Å². The van der Waals surface area contributed by atoms with Crippen molar-refractivity contribution >= 4 is 11.8 Å². The Morgan fingerprint density at radius 1 is 1.08 bits per heavy atom. The summed E-state index contributed by atoms with van der Waals surface area (Å²) < 4.78 is 6.59. The number of aliphatic hydroxyl groups is 1. The van der Waals surface area contributed by atoms with E-state index in [4.69, 9.17) is 10.5 Å². The van der Waals surface area contributed by atoms with E-state index in [9.17, 15) is 9.90 Å². The summed E-state index contributed by atoms with van der Waals surface area (Å²) in [5.41, 5.74) is 11.0. The normalized spacial score (nSPS) is 14.6. The molecule has 0 spiro atoms. The van der Waals surface area contributed by atoms with Crippen LogP contribution in [0.3, 0.4) is 0 Å². The molecule has 0 bridgehead atoms. The molecule has 1 aliphatic rings. The number of methoxy groups -OCH3 is 1. The Morgan fingerprint density at radius 3 is 2.42 bits per heavy atom. The molecule has 0 radical (unpaired) electrons. The lowest BCUT2D eigenvalue weighted by Gasteiger charge is -2.07. The average molecular weight is 487 g/mol. The first kappa shape index (κ1) is 24.9. The van der Waals surface area contributed by atoms with Crippen molar-refractivity contribution in [3.8, 4) is 23.0 Å². The Bertz CT molecular complexity index is 1310. The van der Waals surface area contributed by atoms with Crippen LogP contribution in [0.4, 0.5) is 10.6 Å². The maximum Gasteiger partial charge on any atom is 0.317 e. The number of aromatic nitrogens is 4. The standard InChI is InChI=1S/C16H16N6O2.C11H14O/c1-10-13(11-8-18-16(24-2)19-9-11)21-22(14(10)20-15(17)23)12-6-4-3-5-7-12;12-11-7-3-6-9-4-1-2-5-10(9)8-11/h3-9H,1-2H3,(H3,17,20,23);1-2,4-5,11-12H,3,6-8H2. The molecule has 4 aromatic rings. The number of amides is 2. The number of aryl methyl sites for hydroxylation is 1. The Morgan fingerprint density at radius 2 is 1.75 bits per heavy atom. The predicted molar refractivity (Wildman–Crippen MR) is 138 cm³/mol. The summed E-state index contributed by atoms with van der Waals surface area (Å²) >= 11 is 0. The molecule has 0 fully saturated rings. The summed E-state index contributed by atoms with van der Waals surface area (Å²) in [5.74, 6) is 0.500. The van der Waals surface area contributed by atoms with Crippen LogP contribution in [0.15, 0.2) is 67.0 Å². The van der Waals surface area contributed by atoms with E-state index in [1.165, 1.54) is 18.2 Å². The highest BCUT2D eigenvalue weighted by Gasteiger charge is 2.19. The van der Waals surface area contributed by atoms with E-state index in [1.807, 2.05) is 37.3 Å². The number of hydrogen-bond acceptors (Lipinski definition) is 6. The van der Waals surface area contributed by atoms with Gasteiger partial charge in [0.1, 0.15) is 11.5 Å². The number of ether oxygens (including phenoxy) is 1. The topological polar surface area (TPSA) is 128 Å². The summed E-state index contributed by atoms with van der Waals surface area (Å²) in [6.07, 6.45) is 7.17. The van der Waals surface area contributed by atoms with Crippen LogP contribution in [0.5, 0.6) is 6.01 Å². The molecule has 9 heteroatoms. The van der Waals surface area contributed by atoms with Crippen molar-refractivity contribution < 1.29 is 14.6 Å². The minimum atomic E-state index is -0.660. The second kappa shape index (κ2) is 11.5. The van der Waals surface area contributed by atoms with E-state index >= 15 is 0 Å². The monoisotopic (exact) mass is 486 g/mol. The number of hydrogen-bond donors (Lipinski definition) is 3.